The molecule has 1 aliphatic rings. The highest BCUT2D eigenvalue weighted by Gasteiger charge is 2.21. The van der Waals surface area contributed by atoms with Crippen molar-refractivity contribution >= 4 is 17.6 Å². The second kappa shape index (κ2) is 11.8. The van der Waals surface area contributed by atoms with Crippen LogP contribution in [0.15, 0.2) is 71.9 Å². The van der Waals surface area contributed by atoms with Crippen molar-refractivity contribution in [2.75, 3.05) is 30.4 Å². The minimum absolute atomic E-state index is 0.250. The lowest BCUT2D eigenvalue weighted by Gasteiger charge is -2.35. The molecule has 0 spiro atoms. The molecule has 1 aliphatic heterocycles. The molecular formula is C25H30F2N4. The van der Waals surface area contributed by atoms with Crippen LogP contribution >= 0.6 is 0 Å². The highest BCUT2D eigenvalue weighted by molar-refractivity contribution is 5.86. The van der Waals surface area contributed by atoms with E-state index in [-0.39, 0.29) is 6.42 Å². The van der Waals surface area contributed by atoms with Gasteiger partial charge in [0.2, 0.25) is 0 Å². The van der Waals surface area contributed by atoms with Crippen molar-refractivity contribution in [3.63, 3.8) is 0 Å². The Morgan fingerprint density at radius 2 is 2.00 bits per heavy atom. The fraction of sp³-hybridized carbons (Fsp3) is 0.360. The van der Waals surface area contributed by atoms with E-state index in [1.807, 2.05) is 18.2 Å². The zero-order chi connectivity index (χ0) is 22.8. The maximum absolute atomic E-state index is 13.5. The molecule has 0 unspecified atom stereocenters. The highest BCUT2D eigenvalue weighted by atomic mass is 19.1. The Bertz CT molecular complexity index is 916. The second-order valence-electron chi connectivity index (χ2n) is 7.72. The summed E-state index contributed by atoms with van der Waals surface area (Å²) in [6, 6.07) is 7.76. The van der Waals surface area contributed by atoms with E-state index in [1.54, 1.807) is 13.3 Å². The molecule has 0 radical (unpaired) electrons. The van der Waals surface area contributed by atoms with Gasteiger partial charge in [-0.05, 0) is 56.2 Å². The fourth-order valence-electron chi connectivity index (χ4n) is 3.72. The summed E-state index contributed by atoms with van der Waals surface area (Å²) in [5.74, 6) is -0.679. The first-order valence-electron chi connectivity index (χ1n) is 10.4. The van der Waals surface area contributed by atoms with Gasteiger partial charge in [0.25, 0.3) is 0 Å². The summed E-state index contributed by atoms with van der Waals surface area (Å²) in [6.45, 7) is 12.8. The monoisotopic (exact) mass is 424 g/mol. The molecule has 1 saturated heterocycles. The largest absolute Gasteiger partial charge is 0.370 e. The Kier molecular flexibility index (Phi) is 9.20. The predicted octanol–water partition coefficient (Wildman–Crippen LogP) is 6.46. The summed E-state index contributed by atoms with van der Waals surface area (Å²) in [4.78, 5) is 6.25. The third kappa shape index (κ3) is 7.53. The summed E-state index contributed by atoms with van der Waals surface area (Å²) < 4.78 is 26.1. The molecule has 0 amide bonds. The quantitative estimate of drug-likeness (QED) is 0.346. The van der Waals surface area contributed by atoms with E-state index in [9.17, 15) is 14.0 Å². The lowest BCUT2D eigenvalue weighted by atomic mass is 9.91. The Morgan fingerprint density at radius 1 is 1.29 bits per heavy atom. The number of anilines is 2. The van der Waals surface area contributed by atoms with Crippen molar-refractivity contribution in [1.29, 1.82) is 5.26 Å². The van der Waals surface area contributed by atoms with Gasteiger partial charge in [-0.15, -0.1) is 0 Å². The minimum atomic E-state index is -0.745. The van der Waals surface area contributed by atoms with Crippen LogP contribution in [0.3, 0.4) is 0 Å². The number of hydrogen-bond acceptors (Lipinski definition) is 4. The SMILES string of the molecule is C=C(F)/C=C(/F)CCCC1CCN(c2ccc(C#N)cc2NC(=C)C(=C)/C=N\C)CC1. The van der Waals surface area contributed by atoms with Gasteiger partial charge in [-0.3, -0.25) is 4.99 Å². The van der Waals surface area contributed by atoms with Crippen molar-refractivity contribution in [2.24, 2.45) is 10.9 Å². The molecule has 0 bridgehead atoms. The average molecular weight is 425 g/mol. The molecule has 0 saturated carbocycles. The predicted molar refractivity (Wildman–Crippen MR) is 126 cm³/mol. The Labute approximate surface area is 184 Å². The van der Waals surface area contributed by atoms with Crippen molar-refractivity contribution in [3.05, 3.63) is 72.5 Å². The molecular weight excluding hydrogens is 394 g/mol. The summed E-state index contributed by atoms with van der Waals surface area (Å²) >= 11 is 0. The molecule has 2 rings (SSSR count). The van der Waals surface area contributed by atoms with Crippen molar-refractivity contribution in [1.82, 2.24) is 0 Å². The molecule has 164 valence electrons. The smallest absolute Gasteiger partial charge is 0.118 e. The molecule has 0 aliphatic carbocycles. The number of benzene rings is 1. The van der Waals surface area contributed by atoms with Crippen LogP contribution in [0.4, 0.5) is 20.2 Å². The molecule has 6 heteroatoms. The first kappa shape index (κ1) is 24.1. The molecule has 1 N–H and O–H groups in total. The standard InChI is InChI=1S/C25H30F2N4/c1-18(17-29-4)20(3)30-24-15-22(16-28)8-9-25(24)31-12-10-21(11-13-31)6-5-7-23(27)14-19(2)26/h8-9,14-15,17,21,30H,1-3,5-7,10-13H2,4H3/b23-14+,29-17-. The van der Waals surface area contributed by atoms with Gasteiger partial charge in [-0.25, -0.2) is 8.78 Å². The van der Waals surface area contributed by atoms with Crippen molar-refractivity contribution in [3.8, 4) is 6.07 Å². The third-order valence-corrected chi connectivity index (χ3v) is 5.38. The molecule has 1 aromatic rings. The van der Waals surface area contributed by atoms with Crippen molar-refractivity contribution < 1.29 is 8.78 Å². The molecule has 1 fully saturated rings. The van der Waals surface area contributed by atoms with E-state index in [1.165, 1.54) is 0 Å². The summed E-state index contributed by atoms with van der Waals surface area (Å²) in [5.41, 5.74) is 3.69. The van der Waals surface area contributed by atoms with Crippen LogP contribution in [0.5, 0.6) is 0 Å². The molecule has 31 heavy (non-hydrogen) atoms. The molecule has 0 atom stereocenters. The molecule has 4 nitrogen and oxygen atoms in total. The maximum atomic E-state index is 13.5. The maximum Gasteiger partial charge on any atom is 0.118 e. The Hall–Kier alpha value is -3.20. The van der Waals surface area contributed by atoms with Gasteiger partial charge >= 0.3 is 0 Å². The number of aliphatic imine (C=N–C) groups is 1. The number of rotatable bonds is 10. The van der Waals surface area contributed by atoms with Crippen LogP contribution in [-0.2, 0) is 0 Å². The van der Waals surface area contributed by atoms with Gasteiger partial charge in [-0.2, -0.15) is 5.26 Å². The van der Waals surface area contributed by atoms with Gasteiger partial charge in [-0.1, -0.05) is 19.7 Å². The number of allylic oxidation sites excluding steroid dienone is 4. The lowest BCUT2D eigenvalue weighted by molar-refractivity contribution is 0.368. The van der Waals surface area contributed by atoms with Crippen LogP contribution in [-0.4, -0.2) is 26.4 Å². The number of halogens is 2. The number of hydrogen-bond donors (Lipinski definition) is 1. The van der Waals surface area contributed by atoms with E-state index < -0.39 is 11.7 Å². The van der Waals surface area contributed by atoms with E-state index in [2.05, 4.69) is 41.0 Å². The lowest BCUT2D eigenvalue weighted by Crippen LogP contribution is -2.34. The number of nitrogens with zero attached hydrogens (tertiary/aromatic N) is 3. The van der Waals surface area contributed by atoms with Gasteiger partial charge < -0.3 is 10.2 Å². The van der Waals surface area contributed by atoms with Gasteiger partial charge in [0.1, 0.15) is 11.7 Å². The number of nitrogens with one attached hydrogen (secondary N) is 1. The zero-order valence-corrected chi connectivity index (χ0v) is 18.1. The second-order valence-corrected chi connectivity index (χ2v) is 7.72. The molecule has 1 aromatic carbocycles. The first-order chi connectivity index (χ1) is 14.8. The van der Waals surface area contributed by atoms with Crippen LogP contribution in [0.2, 0.25) is 0 Å². The Balaban J connectivity index is 1.99. The van der Waals surface area contributed by atoms with E-state index in [0.29, 0.717) is 29.2 Å². The van der Waals surface area contributed by atoms with E-state index in [4.69, 9.17) is 0 Å². The van der Waals surface area contributed by atoms with Crippen molar-refractivity contribution in [2.45, 2.75) is 32.1 Å². The summed E-state index contributed by atoms with van der Waals surface area (Å²) in [5, 5.41) is 12.6. The van der Waals surface area contributed by atoms with Gasteiger partial charge in [0, 0.05) is 43.7 Å². The summed E-state index contributed by atoms with van der Waals surface area (Å²) in [7, 11) is 1.67. The highest BCUT2D eigenvalue weighted by Crippen LogP contribution is 2.33. The number of nitriles is 1. The molecule has 0 aromatic heterocycles. The third-order valence-electron chi connectivity index (χ3n) is 5.38. The van der Waals surface area contributed by atoms with E-state index in [0.717, 1.165) is 49.8 Å². The fourth-order valence-corrected chi connectivity index (χ4v) is 3.72. The van der Waals surface area contributed by atoms with E-state index >= 15 is 0 Å². The van der Waals surface area contributed by atoms with Gasteiger partial charge in [0.05, 0.1) is 23.0 Å². The number of piperidine rings is 1. The summed E-state index contributed by atoms with van der Waals surface area (Å²) in [6.07, 6.45) is 6.35. The first-order valence-corrected chi connectivity index (χ1v) is 10.4. The average Bonchev–Trinajstić information content (AvgIpc) is 2.74. The molecule has 1 heterocycles. The Morgan fingerprint density at radius 3 is 2.61 bits per heavy atom. The minimum Gasteiger partial charge on any atom is -0.370 e. The topological polar surface area (TPSA) is 51.4 Å². The van der Waals surface area contributed by atoms with Crippen LogP contribution in [0.1, 0.15) is 37.7 Å². The normalized spacial score (nSPS) is 15.0. The van der Waals surface area contributed by atoms with Crippen LogP contribution in [0, 0.1) is 17.2 Å². The van der Waals surface area contributed by atoms with Gasteiger partial charge in [0.15, 0.2) is 0 Å². The van der Waals surface area contributed by atoms with Crippen LogP contribution in [0.25, 0.3) is 0 Å². The van der Waals surface area contributed by atoms with Crippen LogP contribution < -0.4 is 10.2 Å². The zero-order valence-electron chi connectivity index (χ0n) is 18.1.